The number of nitriles is 3. The summed E-state index contributed by atoms with van der Waals surface area (Å²) in [6.07, 6.45) is 17.7. The summed E-state index contributed by atoms with van der Waals surface area (Å²) in [5, 5.41) is 51.8. The molecule has 7 fully saturated rings. The van der Waals surface area contributed by atoms with E-state index >= 15 is 0 Å². The number of hydrogen-bond acceptors (Lipinski definition) is 23. The standard InChI is InChI=1S/C21H26N4O3.C21H25N3O4.C21H25N3O3S.C20H25BrN2O4.CH4O.3CH4.H3NO/c1-27-10-9-25-18(26)21(24-19(25)23)17-11-14(13-22)3-4-15(17)12-20(21)7-5-16(28-2)6-8-20;1-27-10-9-24-18(25)21(23-19(24)26)17-11-14(13-22)3-4-15(17)12-20(21)7-5-16(28-2)6-8-20;1-26-10-9-24-18(25)21(23-19(24)28)17-11-14(13-22)3-4-15(17)12-20(21)7-5-16(27-2)6-8-20;1-26-10-9-23-17(24)20(22-18(23)25)16-11-14(21)4-3-13(16)12-19(20)7-5-15(27-2)6-8-19;1-2;;;;1-2/h3-4,11,16H,5-10,12H2,1-2H3,(H2,23,24);3-4,11,16H,5-10,12H2,1-2H3,(H,23,26);3-4,11,16H,5-10,12H2,1-2H3,(H,23,28);3-4,11,15H,5-10,12H2,1-2H3,(H,22,25);2H,1H3;3*1H4;2H,1H2. The Morgan fingerprint density at radius 3 is 1.08 bits per heavy atom. The highest BCUT2D eigenvalue weighted by atomic mass is 79.9. The maximum atomic E-state index is 13.8. The molecule has 8 aliphatic carbocycles. The number of aliphatic hydroxyl groups excluding tert-OH is 1. The van der Waals surface area contributed by atoms with Crippen molar-refractivity contribution in [3.05, 3.63) is 138 Å². The number of guanidine groups is 1. The van der Waals surface area contributed by atoms with Gasteiger partial charge in [0.05, 0.1) is 112 Å². The van der Waals surface area contributed by atoms with E-state index in [1.165, 1.54) is 9.80 Å². The van der Waals surface area contributed by atoms with Crippen molar-refractivity contribution in [3.8, 4) is 18.2 Å². The largest absolute Gasteiger partial charge is 0.400 e. The molecule has 16 rings (SSSR count). The lowest BCUT2D eigenvalue weighted by molar-refractivity contribution is -0.139. The van der Waals surface area contributed by atoms with Gasteiger partial charge in [0, 0.05) is 90.1 Å². The number of hydrogen-bond donors (Lipinski definition) is 7. The number of aliphatic imine (C=N–C) groups is 1. The van der Waals surface area contributed by atoms with Crippen molar-refractivity contribution in [3.63, 3.8) is 0 Å². The third kappa shape index (κ3) is 15.9. The third-order valence-corrected chi connectivity index (χ3v) is 27.9. The van der Waals surface area contributed by atoms with Gasteiger partial charge in [-0.3, -0.25) is 38.8 Å². The van der Waals surface area contributed by atoms with Crippen molar-refractivity contribution in [1.29, 1.82) is 15.8 Å². The Morgan fingerprint density at radius 2 is 0.729 bits per heavy atom. The molecule has 4 saturated carbocycles. The quantitative estimate of drug-likeness (QED) is 0.0311. The van der Waals surface area contributed by atoms with E-state index in [1.54, 1.807) is 78.8 Å². The Labute approximate surface area is 708 Å². The highest BCUT2D eigenvalue weighted by molar-refractivity contribution is 9.10. The zero-order chi connectivity index (χ0) is 83.1. The lowest BCUT2D eigenvalue weighted by Crippen LogP contribution is -2.56. The Bertz CT molecular complexity index is 4330. The second-order valence-corrected chi connectivity index (χ2v) is 33.1. The van der Waals surface area contributed by atoms with Gasteiger partial charge in [-0.2, -0.15) is 15.8 Å². The molecule has 4 aromatic rings. The summed E-state index contributed by atoms with van der Waals surface area (Å²) in [6, 6.07) is 28.8. The van der Waals surface area contributed by atoms with Gasteiger partial charge in [-0.05, 0) is 234 Å². The van der Waals surface area contributed by atoms with Crippen LogP contribution in [0.25, 0.3) is 0 Å². The van der Waals surface area contributed by atoms with E-state index < -0.39 is 27.6 Å². The summed E-state index contributed by atoms with van der Waals surface area (Å²) in [6.45, 7) is 2.72. The van der Waals surface area contributed by atoms with Crippen LogP contribution in [-0.4, -0.2) is 218 Å². The maximum Gasteiger partial charge on any atom is 0.325 e. The highest BCUT2D eigenvalue weighted by Crippen LogP contribution is 2.65. The van der Waals surface area contributed by atoms with Crippen LogP contribution >= 0.6 is 28.1 Å². The van der Waals surface area contributed by atoms with Gasteiger partial charge in [0.2, 0.25) is 0 Å². The number of nitrogens with one attached hydrogen (secondary N) is 3. The summed E-state index contributed by atoms with van der Waals surface area (Å²) in [4.78, 5) is 91.2. The normalized spacial score (nSPS) is 29.8. The number of imide groups is 2. The Hall–Kier alpha value is -8.43. The smallest absolute Gasteiger partial charge is 0.325 e. The fourth-order valence-electron chi connectivity index (χ4n) is 21.3. The summed E-state index contributed by atoms with van der Waals surface area (Å²) in [5.74, 6) is 3.27. The van der Waals surface area contributed by atoms with Crippen LogP contribution in [-0.2, 0) is 105 Å². The van der Waals surface area contributed by atoms with Gasteiger partial charge in [-0.25, -0.2) is 20.5 Å². The predicted octanol–water partition coefficient (Wildman–Crippen LogP) is 9.85. The molecule has 8 spiro atoms. The molecule has 4 unspecified atom stereocenters. The van der Waals surface area contributed by atoms with Crippen molar-refractivity contribution < 1.29 is 77.0 Å². The van der Waals surface area contributed by atoms with Crippen LogP contribution in [0.5, 0.6) is 0 Å². The van der Waals surface area contributed by atoms with E-state index in [2.05, 4.69) is 62.1 Å². The number of nitrogens with two attached hydrogens (primary N) is 2. The van der Waals surface area contributed by atoms with Crippen molar-refractivity contribution in [2.45, 2.75) is 197 Å². The van der Waals surface area contributed by atoms with E-state index in [0.717, 1.165) is 178 Å². The number of carbonyl (C=O) groups is 6. The van der Waals surface area contributed by atoms with Crippen LogP contribution in [0.3, 0.4) is 0 Å². The van der Waals surface area contributed by atoms with Crippen molar-refractivity contribution in [1.82, 2.24) is 35.6 Å². The number of benzene rings is 4. The van der Waals surface area contributed by atoms with Crippen molar-refractivity contribution in [2.24, 2.45) is 38.3 Å². The van der Waals surface area contributed by atoms with Gasteiger partial charge < -0.3 is 69.9 Å². The minimum Gasteiger partial charge on any atom is -0.400 e. The molecule has 12 aliphatic rings. The molecule has 29 nitrogen and oxygen atoms in total. The third-order valence-electron chi connectivity index (χ3n) is 27.1. The monoisotopic (exact) mass is 1710 g/mol. The molecule has 118 heavy (non-hydrogen) atoms. The summed E-state index contributed by atoms with van der Waals surface area (Å²) >= 11 is 9.12. The second kappa shape index (κ2) is 39.4. The SMILES string of the molecule is C.C.C.CO.COCCN1C(=O)C2(N=C1N)c1cc(C#N)ccc1CC21CCC(OC)CC1.COCCN1C(=O)C2(NC1=S)c1cc(C#N)ccc1CC21CCC(OC)CC1.COCCN1C(=O)NC2(C1=O)c1cc(Br)ccc1CC21CCC(OC)CC1.COCCN1C(=O)NC2(C1=O)c1cc(C#N)ccc1CC21CCC(OC)CC1.NO. The van der Waals surface area contributed by atoms with Gasteiger partial charge in [0.15, 0.2) is 33.2 Å². The molecule has 3 saturated heterocycles. The molecule has 0 bridgehead atoms. The minimum atomic E-state index is -1.11. The second-order valence-electron chi connectivity index (χ2n) is 31.8. The molecule has 4 atom stereocenters. The average Bonchev–Trinajstić information content (AvgIpc) is 1.55. The number of carbonyl (C=O) groups excluding carboxylic acids is 6. The first-order valence-electron chi connectivity index (χ1n) is 39.3. The first kappa shape index (κ1) is 95.0. The molecular formula is C87H120BrN13O16S. The van der Waals surface area contributed by atoms with Gasteiger partial charge in [0.1, 0.15) is 0 Å². The van der Waals surface area contributed by atoms with E-state index in [4.69, 9.17) is 71.2 Å². The number of amides is 8. The number of halogens is 1. The Kier molecular flexibility index (Phi) is 31.7. The van der Waals surface area contributed by atoms with Gasteiger partial charge >= 0.3 is 12.1 Å². The zero-order valence-electron chi connectivity index (χ0n) is 67.2. The molecule has 0 aromatic heterocycles. The number of fused-ring (bicyclic) bond motifs is 12. The first-order valence-corrected chi connectivity index (χ1v) is 40.5. The first-order chi connectivity index (χ1) is 55.5. The van der Waals surface area contributed by atoms with Gasteiger partial charge in [0.25, 0.3) is 23.6 Å². The van der Waals surface area contributed by atoms with Crippen LogP contribution in [0.4, 0.5) is 9.59 Å². The predicted molar refractivity (Wildman–Crippen MR) is 449 cm³/mol. The number of ether oxygens (including phenoxy) is 8. The molecule has 8 amide bonds. The molecular weight excluding hydrogens is 1600 g/mol. The van der Waals surface area contributed by atoms with Crippen LogP contribution in [0, 0.1) is 55.7 Å². The molecule has 4 heterocycles. The fraction of sp³-hybridized carbons (Fsp3) is 0.598. The Balaban J connectivity index is 0.000000192. The minimum absolute atomic E-state index is 0. The molecule has 9 N–H and O–H groups in total. The topological polar surface area (TPSA) is 402 Å². The summed E-state index contributed by atoms with van der Waals surface area (Å²) < 4.78 is 43.7. The number of nitrogens with zero attached hydrogens (tertiary/aromatic N) is 8. The zero-order valence-corrected chi connectivity index (χ0v) is 69.6. The molecule has 31 heteroatoms. The maximum absolute atomic E-state index is 13.8. The van der Waals surface area contributed by atoms with E-state index in [1.807, 2.05) is 54.6 Å². The van der Waals surface area contributed by atoms with Gasteiger partial charge in [-0.15, -0.1) is 0 Å². The van der Waals surface area contributed by atoms with Crippen LogP contribution in [0.1, 0.15) is 186 Å². The van der Waals surface area contributed by atoms with E-state index in [-0.39, 0.29) is 118 Å². The Morgan fingerprint density at radius 1 is 0.441 bits per heavy atom. The van der Waals surface area contributed by atoms with Crippen LogP contribution in [0.15, 0.2) is 82.3 Å². The van der Waals surface area contributed by atoms with Gasteiger partial charge in [-0.1, -0.05) is 62.5 Å². The number of methoxy groups -OCH3 is 8. The van der Waals surface area contributed by atoms with E-state index in [9.17, 15) is 44.6 Å². The molecule has 4 aromatic carbocycles. The van der Waals surface area contributed by atoms with Crippen molar-refractivity contribution >= 4 is 74.9 Å². The van der Waals surface area contributed by atoms with Crippen LogP contribution < -0.4 is 27.6 Å². The van der Waals surface area contributed by atoms with Crippen LogP contribution in [0.2, 0.25) is 0 Å². The molecule has 4 aliphatic heterocycles. The summed E-state index contributed by atoms with van der Waals surface area (Å²) in [5.41, 5.74) is 10.4. The highest BCUT2D eigenvalue weighted by Gasteiger charge is 2.72. The fourth-order valence-corrected chi connectivity index (χ4v) is 22.0. The average molecular weight is 1720 g/mol. The molecule has 642 valence electrons. The number of aliphatic hydroxyl groups is 1. The number of rotatable bonds is 16. The number of urea groups is 2. The lowest BCUT2D eigenvalue weighted by atomic mass is 9.61. The lowest BCUT2D eigenvalue weighted by Gasteiger charge is -2.46. The summed E-state index contributed by atoms with van der Waals surface area (Å²) in [7, 11) is 14.3. The van der Waals surface area contributed by atoms with E-state index in [0.29, 0.717) is 67.7 Å². The van der Waals surface area contributed by atoms with Crippen molar-refractivity contribution in [2.75, 3.05) is 117 Å². The molecule has 0 radical (unpaired) electrons. The number of thiocarbonyl (C=S) groups is 1.